The first kappa shape index (κ1) is 21.1. The zero-order valence-electron chi connectivity index (χ0n) is 19.7. The van der Waals surface area contributed by atoms with Crippen LogP contribution >= 0.6 is 0 Å². The molecule has 0 N–H and O–H groups in total. The number of hydrogen-bond acceptors (Lipinski definition) is 3. The second kappa shape index (κ2) is 7.91. The maximum Gasteiger partial charge on any atom is 0.234 e. The Kier molecular flexibility index (Phi) is 4.77. The molecule has 2 aliphatic heterocycles. The zero-order valence-corrected chi connectivity index (χ0v) is 19.7. The summed E-state index contributed by atoms with van der Waals surface area (Å²) in [5, 5.41) is 0. The van der Waals surface area contributed by atoms with Gasteiger partial charge in [0.2, 0.25) is 17.7 Å². The van der Waals surface area contributed by atoms with E-state index in [4.69, 9.17) is 0 Å². The summed E-state index contributed by atoms with van der Waals surface area (Å²) in [5.74, 6) is 0.696. The molecule has 35 heavy (non-hydrogen) atoms. The van der Waals surface area contributed by atoms with E-state index >= 15 is 0 Å². The number of carbonyl (C=O) groups excluding carboxylic acids is 3. The number of allylic oxidation sites excluding steroid dienone is 2. The smallest absolute Gasteiger partial charge is 0.234 e. The highest BCUT2D eigenvalue weighted by atomic mass is 16.2. The summed E-state index contributed by atoms with van der Waals surface area (Å²) in [6, 6.07) is 20.3. The van der Waals surface area contributed by atoms with E-state index in [1.807, 2.05) is 41.3 Å². The molecule has 0 radical (unpaired) electrons. The molecule has 0 aromatic heterocycles. The lowest BCUT2D eigenvalue weighted by atomic mass is 9.63. The molecule has 6 aliphatic rings. The van der Waals surface area contributed by atoms with Crippen LogP contribution in [0.5, 0.6) is 0 Å². The average Bonchev–Trinajstić information content (AvgIpc) is 3.59. The minimum absolute atomic E-state index is 0.0103. The van der Waals surface area contributed by atoms with Gasteiger partial charge in [-0.3, -0.25) is 19.3 Å². The topological polar surface area (TPSA) is 57.7 Å². The van der Waals surface area contributed by atoms with Crippen LogP contribution in [0.4, 0.5) is 0 Å². The van der Waals surface area contributed by atoms with Gasteiger partial charge in [-0.05, 0) is 53.6 Å². The Morgan fingerprint density at radius 1 is 0.771 bits per heavy atom. The number of nitrogens with zero attached hydrogens (tertiary/aromatic N) is 2. The van der Waals surface area contributed by atoms with Gasteiger partial charge in [-0.15, -0.1) is 0 Å². The van der Waals surface area contributed by atoms with Crippen molar-refractivity contribution in [2.45, 2.75) is 19.4 Å². The van der Waals surface area contributed by atoms with E-state index in [0.29, 0.717) is 12.5 Å². The van der Waals surface area contributed by atoms with Crippen molar-refractivity contribution in [3.63, 3.8) is 0 Å². The number of imide groups is 1. The second-order valence-corrected chi connectivity index (χ2v) is 11.2. The van der Waals surface area contributed by atoms with E-state index < -0.39 is 0 Å². The summed E-state index contributed by atoms with van der Waals surface area (Å²) in [6.45, 7) is 2.04. The van der Waals surface area contributed by atoms with Crippen LogP contribution in [0.25, 0.3) is 0 Å². The van der Waals surface area contributed by atoms with Crippen LogP contribution in [0.2, 0.25) is 0 Å². The van der Waals surface area contributed by atoms with E-state index in [1.165, 1.54) is 10.5 Å². The van der Waals surface area contributed by atoms with Gasteiger partial charge in [0, 0.05) is 19.0 Å². The van der Waals surface area contributed by atoms with Crippen molar-refractivity contribution in [2.24, 2.45) is 47.3 Å². The van der Waals surface area contributed by atoms with Crippen LogP contribution in [0, 0.1) is 47.3 Å². The number of aryl methyl sites for hydroxylation is 1. The summed E-state index contributed by atoms with van der Waals surface area (Å²) >= 11 is 0. The van der Waals surface area contributed by atoms with E-state index in [9.17, 15) is 14.4 Å². The monoisotopic (exact) mass is 466 g/mol. The number of benzene rings is 2. The molecule has 4 fully saturated rings. The minimum atomic E-state index is -0.282. The van der Waals surface area contributed by atoms with Crippen LogP contribution in [-0.2, 0) is 27.3 Å². The molecule has 2 heterocycles. The van der Waals surface area contributed by atoms with Crippen LogP contribution in [-0.4, -0.2) is 40.6 Å². The third-order valence-electron chi connectivity index (χ3n) is 9.32. The van der Waals surface area contributed by atoms with E-state index in [2.05, 4.69) is 36.4 Å². The van der Waals surface area contributed by atoms with Gasteiger partial charge in [-0.1, -0.05) is 72.8 Å². The average molecular weight is 467 g/mol. The molecule has 3 amide bonds. The zero-order chi connectivity index (χ0) is 23.7. The van der Waals surface area contributed by atoms with Gasteiger partial charge >= 0.3 is 0 Å². The molecule has 178 valence electrons. The van der Waals surface area contributed by atoms with Crippen LogP contribution in [0.1, 0.15) is 17.5 Å². The van der Waals surface area contributed by atoms with Gasteiger partial charge in [0.15, 0.2) is 0 Å². The predicted octanol–water partition coefficient (Wildman–Crippen LogP) is 3.56. The summed E-state index contributed by atoms with van der Waals surface area (Å²) in [5.41, 5.74) is 2.33. The molecule has 5 nitrogen and oxygen atoms in total. The lowest BCUT2D eigenvalue weighted by Gasteiger charge is -2.40. The largest absolute Gasteiger partial charge is 0.342 e. The molecule has 0 spiro atoms. The van der Waals surface area contributed by atoms with Crippen molar-refractivity contribution >= 4 is 17.7 Å². The van der Waals surface area contributed by atoms with Crippen molar-refractivity contribution in [3.8, 4) is 0 Å². The standard InChI is InChI=1S/C30H30N2O3/c33-28(31-15-20(16-31)12-11-18-7-3-1-4-8-18)27-23-21-13-14-22(24(23)27)26-25(21)29(34)32(30(26)35)17-19-9-5-2-6-10-19/h1-10,13-14,20-27H,11-12,15-17H2. The first-order valence-electron chi connectivity index (χ1n) is 13.0. The van der Waals surface area contributed by atoms with Gasteiger partial charge < -0.3 is 4.90 Å². The summed E-state index contributed by atoms with van der Waals surface area (Å²) < 4.78 is 0. The summed E-state index contributed by atoms with van der Waals surface area (Å²) in [4.78, 5) is 43.7. The molecule has 2 saturated heterocycles. The molecule has 4 aliphatic carbocycles. The number of carbonyl (C=O) groups is 3. The highest BCUT2D eigenvalue weighted by Gasteiger charge is 2.73. The fourth-order valence-corrected chi connectivity index (χ4v) is 7.58. The third-order valence-corrected chi connectivity index (χ3v) is 9.32. The van der Waals surface area contributed by atoms with Crippen molar-refractivity contribution in [3.05, 3.63) is 83.9 Å². The Morgan fingerprint density at radius 3 is 1.89 bits per heavy atom. The molecule has 2 aromatic rings. The maximum absolute atomic E-state index is 13.4. The molecule has 6 unspecified atom stereocenters. The first-order valence-corrected chi connectivity index (χ1v) is 13.0. The van der Waals surface area contributed by atoms with E-state index in [0.717, 1.165) is 31.5 Å². The highest BCUT2D eigenvalue weighted by Crippen LogP contribution is 2.69. The molecule has 6 atom stereocenters. The number of hydrogen-bond donors (Lipinski definition) is 0. The highest BCUT2D eigenvalue weighted by molar-refractivity contribution is 6.06. The van der Waals surface area contributed by atoms with Crippen LogP contribution in [0.15, 0.2) is 72.8 Å². The summed E-state index contributed by atoms with van der Waals surface area (Å²) in [6.07, 6.45) is 6.47. The fourth-order valence-electron chi connectivity index (χ4n) is 7.58. The molecule has 8 rings (SSSR count). The van der Waals surface area contributed by atoms with E-state index in [1.54, 1.807) is 0 Å². The minimum Gasteiger partial charge on any atom is -0.342 e. The van der Waals surface area contributed by atoms with Gasteiger partial charge in [0.25, 0.3) is 0 Å². The van der Waals surface area contributed by atoms with Gasteiger partial charge in [0.05, 0.1) is 18.4 Å². The van der Waals surface area contributed by atoms with Gasteiger partial charge in [0.1, 0.15) is 0 Å². The molecule has 2 aromatic carbocycles. The first-order chi connectivity index (χ1) is 17.1. The molecular formula is C30H30N2O3. The Labute approximate surface area is 205 Å². The normalized spacial score (nSPS) is 34.6. The van der Waals surface area contributed by atoms with Gasteiger partial charge in [-0.25, -0.2) is 0 Å². The van der Waals surface area contributed by atoms with Crippen LogP contribution in [0.3, 0.4) is 0 Å². The van der Waals surface area contributed by atoms with Crippen molar-refractivity contribution < 1.29 is 14.4 Å². The SMILES string of the molecule is O=C(C1C2C3C=CC(C4C(=O)N(Cc5ccccc5)C(=O)C34)C12)N1CC(CCc2ccccc2)C1. The number of amides is 3. The predicted molar refractivity (Wildman–Crippen MR) is 130 cm³/mol. The molecule has 2 bridgehead atoms. The number of likely N-dealkylation sites (tertiary alicyclic amines) is 2. The quantitative estimate of drug-likeness (QED) is 0.483. The second-order valence-electron chi connectivity index (χ2n) is 11.2. The van der Waals surface area contributed by atoms with Gasteiger partial charge in [-0.2, -0.15) is 0 Å². The van der Waals surface area contributed by atoms with Crippen molar-refractivity contribution in [1.82, 2.24) is 9.80 Å². The van der Waals surface area contributed by atoms with E-state index in [-0.39, 0.29) is 59.1 Å². The fraction of sp³-hybridized carbons (Fsp3) is 0.433. The molecule has 5 heteroatoms. The lowest BCUT2D eigenvalue weighted by molar-refractivity contribution is -0.142. The maximum atomic E-state index is 13.4. The number of rotatable bonds is 6. The van der Waals surface area contributed by atoms with Crippen molar-refractivity contribution in [1.29, 1.82) is 0 Å². The molecule has 2 saturated carbocycles. The van der Waals surface area contributed by atoms with Crippen LogP contribution < -0.4 is 0 Å². The Bertz CT molecular complexity index is 1160. The summed E-state index contributed by atoms with van der Waals surface area (Å²) in [7, 11) is 0. The third kappa shape index (κ3) is 3.24. The van der Waals surface area contributed by atoms with Crippen molar-refractivity contribution in [2.75, 3.05) is 13.1 Å². The Hall–Kier alpha value is -3.21. The Balaban J connectivity index is 1.000. The Morgan fingerprint density at radius 2 is 1.31 bits per heavy atom. The molecular weight excluding hydrogens is 436 g/mol. The lowest BCUT2D eigenvalue weighted by Crippen LogP contribution is -2.51.